The summed E-state index contributed by atoms with van der Waals surface area (Å²) in [4.78, 5) is 25.9. The first-order valence-electron chi connectivity index (χ1n) is 10.8. The largest absolute Gasteiger partial charge is 0.354 e. The second kappa shape index (κ2) is 9.65. The minimum Gasteiger partial charge on any atom is -0.354 e. The molecule has 0 saturated heterocycles. The van der Waals surface area contributed by atoms with E-state index in [0.717, 1.165) is 22.9 Å². The topological polar surface area (TPSA) is 99.8 Å². The summed E-state index contributed by atoms with van der Waals surface area (Å²) in [6, 6.07) is 16.2. The summed E-state index contributed by atoms with van der Waals surface area (Å²) >= 11 is 0. The molecule has 2 aromatic carbocycles. The van der Waals surface area contributed by atoms with E-state index in [1.807, 2.05) is 64.1 Å². The lowest BCUT2D eigenvalue weighted by molar-refractivity contribution is -0.125. The normalized spacial score (nSPS) is 12.2. The SMILES string of the molecule is CCCNC(=O)[C@@H](NC(=O)c1nn(Cc2ccc(C#N)cc2)c2ccccc12)C(C)(C)C. The van der Waals surface area contributed by atoms with Crippen LogP contribution in [0.2, 0.25) is 0 Å². The fourth-order valence-corrected chi connectivity index (χ4v) is 3.50. The van der Waals surface area contributed by atoms with E-state index in [0.29, 0.717) is 18.7 Å². The van der Waals surface area contributed by atoms with E-state index >= 15 is 0 Å². The maximum atomic E-state index is 13.2. The molecule has 7 heteroatoms. The molecule has 0 saturated carbocycles. The van der Waals surface area contributed by atoms with Gasteiger partial charge in [0.25, 0.3) is 5.91 Å². The van der Waals surface area contributed by atoms with Crippen molar-refractivity contribution >= 4 is 22.7 Å². The van der Waals surface area contributed by atoms with Gasteiger partial charge in [0.15, 0.2) is 5.69 Å². The van der Waals surface area contributed by atoms with Gasteiger partial charge in [-0.25, -0.2) is 0 Å². The Hall–Kier alpha value is -3.66. The molecule has 0 aliphatic heterocycles. The number of para-hydroxylation sites is 1. The van der Waals surface area contributed by atoms with Crippen LogP contribution in [0.15, 0.2) is 48.5 Å². The zero-order valence-electron chi connectivity index (χ0n) is 19.0. The first kappa shape index (κ1) is 23.0. The summed E-state index contributed by atoms with van der Waals surface area (Å²) in [7, 11) is 0. The Morgan fingerprint density at radius 1 is 1.12 bits per heavy atom. The molecule has 2 N–H and O–H groups in total. The van der Waals surface area contributed by atoms with Crippen molar-refractivity contribution in [3.05, 3.63) is 65.4 Å². The summed E-state index contributed by atoms with van der Waals surface area (Å²) in [5.74, 6) is -0.583. The average molecular weight is 432 g/mol. The summed E-state index contributed by atoms with van der Waals surface area (Å²) in [5.41, 5.74) is 2.20. The van der Waals surface area contributed by atoms with Gasteiger partial charge in [-0.2, -0.15) is 10.4 Å². The minimum absolute atomic E-state index is 0.200. The Morgan fingerprint density at radius 2 is 1.81 bits per heavy atom. The number of fused-ring (bicyclic) bond motifs is 1. The third-order valence-electron chi connectivity index (χ3n) is 5.24. The lowest BCUT2D eigenvalue weighted by atomic mass is 9.86. The number of nitrogens with zero attached hydrogens (tertiary/aromatic N) is 3. The molecular formula is C25H29N5O2. The van der Waals surface area contributed by atoms with Gasteiger partial charge in [-0.1, -0.05) is 58.0 Å². The maximum Gasteiger partial charge on any atom is 0.273 e. The highest BCUT2D eigenvalue weighted by molar-refractivity contribution is 6.06. The number of benzene rings is 2. The van der Waals surface area contributed by atoms with Gasteiger partial charge in [0.1, 0.15) is 6.04 Å². The number of amides is 2. The standard InChI is InChI=1S/C25H29N5O2/c1-5-14-27-24(32)22(25(2,3)4)28-23(31)21-19-8-6-7-9-20(19)30(29-21)16-18-12-10-17(15-26)11-13-18/h6-13,22H,5,14,16H2,1-4H3,(H,27,32)(H,28,31)/t22-/m1/s1. The fourth-order valence-electron chi connectivity index (χ4n) is 3.50. The lowest BCUT2D eigenvalue weighted by Gasteiger charge is -2.30. The first-order chi connectivity index (χ1) is 15.2. The Labute approximate surface area is 188 Å². The Morgan fingerprint density at radius 3 is 2.44 bits per heavy atom. The Balaban J connectivity index is 1.91. The van der Waals surface area contributed by atoms with Crippen LogP contribution >= 0.6 is 0 Å². The quantitative estimate of drug-likeness (QED) is 0.597. The van der Waals surface area contributed by atoms with E-state index in [1.165, 1.54) is 0 Å². The predicted octanol–water partition coefficient (Wildman–Crippen LogP) is 3.63. The van der Waals surface area contributed by atoms with Crippen LogP contribution < -0.4 is 10.6 Å². The minimum atomic E-state index is -0.691. The Kier molecular flexibility index (Phi) is 6.94. The van der Waals surface area contributed by atoms with Crippen LogP contribution in [0, 0.1) is 16.7 Å². The van der Waals surface area contributed by atoms with Crippen LogP contribution in [0.25, 0.3) is 10.9 Å². The van der Waals surface area contributed by atoms with Gasteiger partial charge in [-0.15, -0.1) is 0 Å². The van der Waals surface area contributed by atoms with Gasteiger partial charge >= 0.3 is 0 Å². The van der Waals surface area contributed by atoms with Crippen LogP contribution in [-0.4, -0.2) is 34.2 Å². The van der Waals surface area contributed by atoms with Gasteiger partial charge in [0, 0.05) is 11.9 Å². The number of hydrogen-bond acceptors (Lipinski definition) is 4. The van der Waals surface area contributed by atoms with Crippen molar-refractivity contribution in [1.29, 1.82) is 5.26 Å². The van der Waals surface area contributed by atoms with Crippen molar-refractivity contribution in [1.82, 2.24) is 20.4 Å². The summed E-state index contributed by atoms with van der Waals surface area (Å²) in [5, 5.41) is 20.1. The van der Waals surface area contributed by atoms with Gasteiger partial charge in [-0.3, -0.25) is 14.3 Å². The second-order valence-corrected chi connectivity index (χ2v) is 8.90. The van der Waals surface area contributed by atoms with E-state index in [-0.39, 0.29) is 17.5 Å². The predicted molar refractivity (Wildman–Crippen MR) is 124 cm³/mol. The number of nitriles is 1. The number of carbonyl (C=O) groups is 2. The molecule has 1 heterocycles. The molecule has 7 nitrogen and oxygen atoms in total. The first-order valence-corrected chi connectivity index (χ1v) is 10.8. The monoisotopic (exact) mass is 431 g/mol. The molecule has 3 aromatic rings. The van der Waals surface area contributed by atoms with Gasteiger partial charge in [0.05, 0.1) is 23.7 Å². The molecule has 0 bridgehead atoms. The molecule has 1 aromatic heterocycles. The molecule has 0 spiro atoms. The van der Waals surface area contributed by atoms with Crippen molar-refractivity contribution in [2.24, 2.45) is 5.41 Å². The van der Waals surface area contributed by atoms with Crippen molar-refractivity contribution in [3.8, 4) is 6.07 Å². The maximum absolute atomic E-state index is 13.2. The second-order valence-electron chi connectivity index (χ2n) is 8.90. The van der Waals surface area contributed by atoms with E-state index in [4.69, 9.17) is 5.26 Å². The van der Waals surface area contributed by atoms with Crippen LogP contribution in [0.3, 0.4) is 0 Å². The van der Waals surface area contributed by atoms with Crippen molar-refractivity contribution in [3.63, 3.8) is 0 Å². The van der Waals surface area contributed by atoms with Crippen molar-refractivity contribution < 1.29 is 9.59 Å². The number of nitrogens with one attached hydrogen (secondary N) is 2. The molecule has 166 valence electrons. The summed E-state index contributed by atoms with van der Waals surface area (Å²) in [6.07, 6.45) is 0.820. The van der Waals surface area contributed by atoms with E-state index < -0.39 is 11.5 Å². The third-order valence-corrected chi connectivity index (χ3v) is 5.24. The highest BCUT2D eigenvalue weighted by Crippen LogP contribution is 2.23. The highest BCUT2D eigenvalue weighted by Gasteiger charge is 2.33. The van der Waals surface area contributed by atoms with E-state index in [9.17, 15) is 9.59 Å². The lowest BCUT2D eigenvalue weighted by Crippen LogP contribution is -2.53. The zero-order chi connectivity index (χ0) is 23.3. The van der Waals surface area contributed by atoms with Crippen LogP contribution in [0.4, 0.5) is 0 Å². The number of carbonyl (C=O) groups excluding carboxylic acids is 2. The smallest absolute Gasteiger partial charge is 0.273 e. The zero-order valence-corrected chi connectivity index (χ0v) is 19.0. The molecule has 0 fully saturated rings. The van der Waals surface area contributed by atoms with Crippen molar-refractivity contribution in [2.45, 2.75) is 46.7 Å². The van der Waals surface area contributed by atoms with Gasteiger partial charge < -0.3 is 10.6 Å². The van der Waals surface area contributed by atoms with Crippen LogP contribution in [-0.2, 0) is 11.3 Å². The molecule has 0 aliphatic carbocycles. The van der Waals surface area contributed by atoms with Gasteiger partial charge in [-0.05, 0) is 35.6 Å². The number of aromatic nitrogens is 2. The molecule has 0 radical (unpaired) electrons. The summed E-state index contributed by atoms with van der Waals surface area (Å²) < 4.78 is 1.77. The molecule has 0 aliphatic rings. The molecule has 3 rings (SSSR count). The Bertz CT molecular complexity index is 1150. The van der Waals surface area contributed by atoms with Crippen molar-refractivity contribution in [2.75, 3.05) is 6.54 Å². The molecular weight excluding hydrogens is 402 g/mol. The van der Waals surface area contributed by atoms with E-state index in [1.54, 1.807) is 16.8 Å². The van der Waals surface area contributed by atoms with Gasteiger partial charge in [0.2, 0.25) is 5.91 Å². The molecule has 32 heavy (non-hydrogen) atoms. The van der Waals surface area contributed by atoms with Crippen LogP contribution in [0.5, 0.6) is 0 Å². The number of rotatable bonds is 7. The molecule has 2 amide bonds. The summed E-state index contributed by atoms with van der Waals surface area (Å²) in [6.45, 7) is 8.77. The molecule has 0 unspecified atom stereocenters. The van der Waals surface area contributed by atoms with Crippen LogP contribution in [0.1, 0.15) is 55.7 Å². The van der Waals surface area contributed by atoms with E-state index in [2.05, 4.69) is 21.8 Å². The highest BCUT2D eigenvalue weighted by atomic mass is 16.2. The number of hydrogen-bond donors (Lipinski definition) is 2. The third kappa shape index (κ3) is 5.14. The molecule has 1 atom stereocenters. The average Bonchev–Trinajstić information content (AvgIpc) is 3.14. The fraction of sp³-hybridized carbons (Fsp3) is 0.360.